The van der Waals surface area contributed by atoms with Gasteiger partial charge in [-0.2, -0.15) is 0 Å². The molecule has 3 heteroatoms. The molecule has 1 aromatic carbocycles. The Bertz CT molecular complexity index is 355. The first kappa shape index (κ1) is 7.06. The van der Waals surface area contributed by atoms with Crippen LogP contribution in [0.2, 0.25) is 0 Å². The first-order valence-corrected chi connectivity index (χ1v) is 3.66. The van der Waals surface area contributed by atoms with Gasteiger partial charge >= 0.3 is 0 Å². The summed E-state index contributed by atoms with van der Waals surface area (Å²) in [6.45, 7) is 3.75. The van der Waals surface area contributed by atoms with Gasteiger partial charge in [-0.15, -0.1) is 0 Å². The van der Waals surface area contributed by atoms with Crippen LogP contribution in [0, 0.1) is 0 Å². The first-order valence-electron chi connectivity index (χ1n) is 3.66. The molecule has 2 rings (SSSR count). The molecule has 0 aromatic heterocycles. The van der Waals surface area contributed by atoms with E-state index in [1.54, 1.807) is 6.21 Å². The molecule has 0 bridgehead atoms. The van der Waals surface area contributed by atoms with Crippen LogP contribution in [0.4, 0.5) is 11.4 Å². The molecule has 0 aliphatic carbocycles. The maximum Gasteiger partial charge on any atom is 0.0882 e. The quantitative estimate of drug-likeness (QED) is 0.584. The molecule has 1 heterocycles. The number of hydrazine groups is 1. The van der Waals surface area contributed by atoms with E-state index >= 15 is 0 Å². The molecular weight excluding hydrogens is 150 g/mol. The second kappa shape index (κ2) is 2.46. The molecular formula is C9H9N3. The van der Waals surface area contributed by atoms with Gasteiger partial charge in [0.2, 0.25) is 0 Å². The van der Waals surface area contributed by atoms with Gasteiger partial charge in [0.25, 0.3) is 0 Å². The summed E-state index contributed by atoms with van der Waals surface area (Å²) in [6.07, 6.45) is 1.66. The highest BCUT2D eigenvalue weighted by Crippen LogP contribution is 2.30. The van der Waals surface area contributed by atoms with Gasteiger partial charge in [0.1, 0.15) is 0 Å². The van der Waals surface area contributed by atoms with Crippen molar-refractivity contribution in [1.82, 2.24) is 0 Å². The lowest BCUT2D eigenvalue weighted by Gasteiger charge is -2.23. The van der Waals surface area contributed by atoms with E-state index in [0.717, 1.165) is 11.4 Å². The lowest BCUT2D eigenvalue weighted by molar-refractivity contribution is 1.04. The first-order chi connectivity index (χ1) is 5.79. The van der Waals surface area contributed by atoms with Crippen molar-refractivity contribution in [2.24, 2.45) is 10.8 Å². The summed E-state index contributed by atoms with van der Waals surface area (Å²) in [5, 5.41) is 1.53. The van der Waals surface area contributed by atoms with E-state index in [2.05, 4.69) is 11.6 Å². The molecule has 2 N–H and O–H groups in total. The van der Waals surface area contributed by atoms with Crippen molar-refractivity contribution in [1.29, 1.82) is 0 Å². The number of aliphatic imine (C=N–C) groups is 1. The minimum absolute atomic E-state index is 0.703. The highest BCUT2D eigenvalue weighted by Gasteiger charge is 2.12. The molecule has 1 aliphatic heterocycles. The third-order valence-electron chi connectivity index (χ3n) is 1.80. The van der Waals surface area contributed by atoms with Crippen LogP contribution < -0.4 is 10.9 Å². The number of nitrogens with two attached hydrogens (primary N) is 1. The number of rotatable bonds is 0. The van der Waals surface area contributed by atoms with Gasteiger partial charge < -0.3 is 0 Å². The van der Waals surface area contributed by atoms with Gasteiger partial charge in [0, 0.05) is 0 Å². The Balaban J connectivity index is 2.59. The normalized spacial score (nSPS) is 14.8. The minimum Gasteiger partial charge on any atom is -0.276 e. The lowest BCUT2D eigenvalue weighted by atomic mass is 10.2. The molecule has 0 spiro atoms. The number of hydrogen-bond donors (Lipinski definition) is 1. The summed E-state index contributed by atoms with van der Waals surface area (Å²) in [7, 11) is 0. The van der Waals surface area contributed by atoms with Gasteiger partial charge in [-0.1, -0.05) is 18.7 Å². The van der Waals surface area contributed by atoms with Crippen molar-refractivity contribution < 1.29 is 0 Å². The Morgan fingerprint density at radius 3 is 2.92 bits per heavy atom. The van der Waals surface area contributed by atoms with E-state index < -0.39 is 0 Å². The Morgan fingerprint density at radius 1 is 1.33 bits per heavy atom. The zero-order chi connectivity index (χ0) is 8.55. The Kier molecular flexibility index (Phi) is 1.45. The fourth-order valence-electron chi connectivity index (χ4n) is 1.14. The zero-order valence-electron chi connectivity index (χ0n) is 6.57. The number of fused-ring (bicyclic) bond motifs is 1. The third-order valence-corrected chi connectivity index (χ3v) is 1.80. The van der Waals surface area contributed by atoms with E-state index in [0.29, 0.717) is 5.70 Å². The average Bonchev–Trinajstić information content (AvgIpc) is 2.12. The highest BCUT2D eigenvalue weighted by atomic mass is 15.4. The van der Waals surface area contributed by atoms with Gasteiger partial charge in [-0.05, 0) is 12.1 Å². The monoisotopic (exact) mass is 159 g/mol. The molecule has 0 unspecified atom stereocenters. The van der Waals surface area contributed by atoms with Gasteiger partial charge in [-0.25, -0.2) is 5.84 Å². The summed E-state index contributed by atoms with van der Waals surface area (Å²) in [5.41, 5.74) is 2.48. The molecule has 0 saturated carbocycles. The van der Waals surface area contributed by atoms with Crippen molar-refractivity contribution in [3.8, 4) is 0 Å². The summed E-state index contributed by atoms with van der Waals surface area (Å²) in [6, 6.07) is 7.68. The Labute approximate surface area is 70.8 Å². The second-order valence-electron chi connectivity index (χ2n) is 2.61. The van der Waals surface area contributed by atoms with Gasteiger partial charge in [0.15, 0.2) is 0 Å². The van der Waals surface area contributed by atoms with E-state index in [1.807, 2.05) is 24.3 Å². The van der Waals surface area contributed by atoms with Crippen LogP contribution in [0.25, 0.3) is 0 Å². The van der Waals surface area contributed by atoms with E-state index in [9.17, 15) is 0 Å². The fourth-order valence-corrected chi connectivity index (χ4v) is 1.14. The maximum atomic E-state index is 5.73. The number of allylic oxidation sites excluding steroid dienone is 1. The van der Waals surface area contributed by atoms with Crippen molar-refractivity contribution in [3.63, 3.8) is 0 Å². The SMILES string of the molecule is C=C1C=Nc2ccccc2N1N. The summed E-state index contributed by atoms with van der Waals surface area (Å²) < 4.78 is 0. The van der Waals surface area contributed by atoms with Crippen LogP contribution in [0.15, 0.2) is 41.5 Å². The minimum atomic E-state index is 0.703. The standard InChI is InChI=1S/C9H9N3/c1-7-6-11-8-4-2-3-5-9(8)12(7)10/h2-6H,1,10H2. The third kappa shape index (κ3) is 0.914. The van der Waals surface area contributed by atoms with E-state index in [4.69, 9.17) is 5.84 Å². The Hall–Kier alpha value is -1.61. The van der Waals surface area contributed by atoms with Crippen LogP contribution in [0.3, 0.4) is 0 Å². The van der Waals surface area contributed by atoms with E-state index in [-0.39, 0.29) is 0 Å². The molecule has 0 radical (unpaired) electrons. The molecule has 60 valence electrons. The van der Waals surface area contributed by atoms with Gasteiger partial charge in [0.05, 0.1) is 23.3 Å². The molecule has 0 fully saturated rings. The molecule has 0 atom stereocenters. The van der Waals surface area contributed by atoms with Crippen LogP contribution in [0.5, 0.6) is 0 Å². The van der Waals surface area contributed by atoms with Gasteiger partial charge in [-0.3, -0.25) is 10.0 Å². The zero-order valence-corrected chi connectivity index (χ0v) is 6.57. The summed E-state index contributed by atoms with van der Waals surface area (Å²) in [4.78, 5) is 4.18. The molecule has 0 amide bonds. The molecule has 0 saturated heterocycles. The van der Waals surface area contributed by atoms with Crippen LogP contribution in [-0.2, 0) is 0 Å². The fraction of sp³-hybridized carbons (Fsp3) is 0. The van der Waals surface area contributed by atoms with Crippen molar-refractivity contribution >= 4 is 17.6 Å². The molecule has 3 nitrogen and oxygen atoms in total. The largest absolute Gasteiger partial charge is 0.276 e. The second-order valence-corrected chi connectivity index (χ2v) is 2.61. The predicted molar refractivity (Wildman–Crippen MR) is 50.4 cm³/mol. The van der Waals surface area contributed by atoms with Crippen LogP contribution in [-0.4, -0.2) is 6.21 Å². The Morgan fingerprint density at radius 2 is 2.08 bits per heavy atom. The average molecular weight is 159 g/mol. The van der Waals surface area contributed by atoms with Crippen molar-refractivity contribution in [3.05, 3.63) is 36.5 Å². The smallest absolute Gasteiger partial charge is 0.0882 e. The molecule has 12 heavy (non-hydrogen) atoms. The summed E-state index contributed by atoms with van der Waals surface area (Å²) in [5.74, 6) is 5.73. The maximum absolute atomic E-state index is 5.73. The summed E-state index contributed by atoms with van der Waals surface area (Å²) >= 11 is 0. The number of benzene rings is 1. The lowest BCUT2D eigenvalue weighted by Crippen LogP contribution is -2.31. The van der Waals surface area contributed by atoms with Crippen molar-refractivity contribution in [2.45, 2.75) is 0 Å². The molecule has 1 aliphatic rings. The van der Waals surface area contributed by atoms with Crippen LogP contribution in [0.1, 0.15) is 0 Å². The van der Waals surface area contributed by atoms with Crippen molar-refractivity contribution in [2.75, 3.05) is 5.01 Å². The number of nitrogens with zero attached hydrogens (tertiary/aromatic N) is 2. The van der Waals surface area contributed by atoms with E-state index in [1.165, 1.54) is 5.01 Å². The predicted octanol–water partition coefficient (Wildman–Crippen LogP) is 1.60. The molecule has 1 aromatic rings. The number of para-hydroxylation sites is 2. The van der Waals surface area contributed by atoms with Crippen LogP contribution >= 0.6 is 0 Å². The highest BCUT2D eigenvalue weighted by molar-refractivity contribution is 5.92. The topological polar surface area (TPSA) is 41.6 Å². The number of anilines is 1. The number of hydrogen-bond acceptors (Lipinski definition) is 3.